The van der Waals surface area contributed by atoms with E-state index in [-0.39, 0.29) is 11.5 Å². The molecular weight excluding hydrogens is 255 g/mol. The number of halogens is 2. The summed E-state index contributed by atoms with van der Waals surface area (Å²) in [6.45, 7) is 0. The van der Waals surface area contributed by atoms with Crippen LogP contribution >= 0.6 is 27.5 Å². The van der Waals surface area contributed by atoms with E-state index in [0.29, 0.717) is 16.8 Å². The minimum atomic E-state index is 0.0571. The zero-order valence-electron chi connectivity index (χ0n) is 6.76. The SMILES string of the molecule is O=C(CBr)Cc1cc(O)cc(Cl)c1. The second-order valence-electron chi connectivity index (χ2n) is 2.67. The van der Waals surface area contributed by atoms with Crippen molar-refractivity contribution < 1.29 is 9.90 Å². The number of phenolic OH excluding ortho intramolecular Hbond substituents is 1. The lowest BCUT2D eigenvalue weighted by Gasteiger charge is -2.00. The number of rotatable bonds is 3. The lowest BCUT2D eigenvalue weighted by Crippen LogP contribution is -2.03. The summed E-state index contributed by atoms with van der Waals surface area (Å²) in [6.07, 6.45) is 0.291. The predicted octanol–water partition coefficient (Wildman–Crippen LogP) is 2.55. The normalized spacial score (nSPS) is 10.0. The van der Waals surface area contributed by atoms with Gasteiger partial charge in [-0.2, -0.15) is 0 Å². The van der Waals surface area contributed by atoms with E-state index in [2.05, 4.69) is 15.9 Å². The van der Waals surface area contributed by atoms with Crippen molar-refractivity contribution in [1.29, 1.82) is 0 Å². The maximum Gasteiger partial charge on any atom is 0.147 e. The molecule has 1 N–H and O–H groups in total. The van der Waals surface area contributed by atoms with Crippen LogP contribution in [0.1, 0.15) is 5.56 Å². The molecule has 70 valence electrons. The fourth-order valence-electron chi connectivity index (χ4n) is 1.01. The first-order chi connectivity index (χ1) is 6.11. The zero-order valence-corrected chi connectivity index (χ0v) is 9.10. The van der Waals surface area contributed by atoms with Crippen LogP contribution in [0, 0.1) is 0 Å². The number of hydrogen-bond donors (Lipinski definition) is 1. The van der Waals surface area contributed by atoms with Crippen LogP contribution in [0.25, 0.3) is 0 Å². The Bertz CT molecular complexity index is 305. The molecule has 0 heterocycles. The van der Waals surface area contributed by atoms with Gasteiger partial charge in [0.05, 0.1) is 5.33 Å². The monoisotopic (exact) mass is 262 g/mol. The average Bonchev–Trinajstić information content (AvgIpc) is 2.02. The lowest BCUT2D eigenvalue weighted by molar-refractivity contribution is -0.115. The summed E-state index contributed by atoms with van der Waals surface area (Å²) in [4.78, 5) is 11.0. The van der Waals surface area contributed by atoms with Crippen LogP contribution in [0.4, 0.5) is 0 Å². The summed E-state index contributed by atoms with van der Waals surface area (Å²) >= 11 is 8.76. The van der Waals surface area contributed by atoms with Crippen LogP contribution in [0.15, 0.2) is 18.2 Å². The molecule has 1 aromatic rings. The van der Waals surface area contributed by atoms with Gasteiger partial charge >= 0.3 is 0 Å². The maximum atomic E-state index is 11.0. The van der Waals surface area contributed by atoms with Crippen LogP contribution in [0.3, 0.4) is 0 Å². The highest BCUT2D eigenvalue weighted by molar-refractivity contribution is 9.09. The van der Waals surface area contributed by atoms with E-state index >= 15 is 0 Å². The lowest BCUT2D eigenvalue weighted by atomic mass is 10.1. The third kappa shape index (κ3) is 3.36. The number of Topliss-reactive ketones (excluding diaryl/α,β-unsaturated/α-hetero) is 1. The second-order valence-corrected chi connectivity index (χ2v) is 3.66. The van der Waals surface area contributed by atoms with Gasteiger partial charge in [0.25, 0.3) is 0 Å². The number of benzene rings is 1. The van der Waals surface area contributed by atoms with E-state index in [1.54, 1.807) is 6.07 Å². The largest absolute Gasteiger partial charge is 0.508 e. The number of alkyl halides is 1. The van der Waals surface area contributed by atoms with Crippen LogP contribution in [0.5, 0.6) is 5.75 Å². The first-order valence-electron chi connectivity index (χ1n) is 3.68. The van der Waals surface area contributed by atoms with E-state index in [9.17, 15) is 9.90 Å². The summed E-state index contributed by atoms with van der Waals surface area (Å²) in [7, 11) is 0. The van der Waals surface area contributed by atoms with Crippen molar-refractivity contribution in [3.8, 4) is 5.75 Å². The third-order valence-electron chi connectivity index (χ3n) is 1.49. The fraction of sp³-hybridized carbons (Fsp3) is 0.222. The van der Waals surface area contributed by atoms with E-state index in [1.165, 1.54) is 12.1 Å². The smallest absolute Gasteiger partial charge is 0.147 e. The molecule has 0 saturated heterocycles. The average molecular weight is 264 g/mol. The van der Waals surface area contributed by atoms with Gasteiger partial charge in [-0.25, -0.2) is 0 Å². The molecule has 4 heteroatoms. The topological polar surface area (TPSA) is 37.3 Å². The Morgan fingerprint density at radius 2 is 2.15 bits per heavy atom. The van der Waals surface area contributed by atoms with Crippen molar-refractivity contribution in [2.75, 3.05) is 5.33 Å². The predicted molar refractivity (Wildman–Crippen MR) is 55.6 cm³/mol. The number of carbonyl (C=O) groups excluding carboxylic acids is 1. The van der Waals surface area contributed by atoms with Crippen molar-refractivity contribution in [3.63, 3.8) is 0 Å². The first-order valence-corrected chi connectivity index (χ1v) is 5.18. The quantitative estimate of drug-likeness (QED) is 0.851. The maximum absolute atomic E-state index is 11.0. The van der Waals surface area contributed by atoms with Gasteiger partial charge < -0.3 is 5.11 Å². The van der Waals surface area contributed by atoms with Crippen LogP contribution in [-0.2, 0) is 11.2 Å². The summed E-state index contributed by atoms with van der Waals surface area (Å²) in [5.41, 5.74) is 0.731. The highest BCUT2D eigenvalue weighted by Gasteiger charge is 2.03. The van der Waals surface area contributed by atoms with E-state index in [0.717, 1.165) is 5.56 Å². The van der Waals surface area contributed by atoms with Crippen LogP contribution in [0.2, 0.25) is 5.02 Å². The fourth-order valence-corrected chi connectivity index (χ4v) is 1.46. The molecule has 13 heavy (non-hydrogen) atoms. The van der Waals surface area contributed by atoms with Gasteiger partial charge in [0, 0.05) is 11.4 Å². The molecule has 1 aromatic carbocycles. The van der Waals surface area contributed by atoms with Gasteiger partial charge in [-0.05, 0) is 23.8 Å². The number of ketones is 1. The van der Waals surface area contributed by atoms with E-state index in [1.807, 2.05) is 0 Å². The Morgan fingerprint density at radius 3 is 2.69 bits per heavy atom. The molecule has 0 atom stereocenters. The Balaban J connectivity index is 2.83. The van der Waals surface area contributed by atoms with E-state index in [4.69, 9.17) is 11.6 Å². The molecular formula is C9H8BrClO2. The summed E-state index contributed by atoms with van der Waals surface area (Å²) < 4.78 is 0. The van der Waals surface area contributed by atoms with Gasteiger partial charge in [0.15, 0.2) is 0 Å². The van der Waals surface area contributed by atoms with Crippen LogP contribution in [-0.4, -0.2) is 16.2 Å². The molecule has 0 bridgehead atoms. The summed E-state index contributed by atoms with van der Waals surface area (Å²) in [5, 5.41) is 9.93. The minimum Gasteiger partial charge on any atom is -0.508 e. The van der Waals surface area contributed by atoms with Crippen molar-refractivity contribution in [1.82, 2.24) is 0 Å². The molecule has 0 spiro atoms. The number of phenols is 1. The zero-order chi connectivity index (χ0) is 9.84. The molecule has 0 aromatic heterocycles. The second kappa shape index (κ2) is 4.63. The minimum absolute atomic E-state index is 0.0571. The summed E-state index contributed by atoms with van der Waals surface area (Å²) in [6, 6.07) is 4.64. The summed E-state index contributed by atoms with van der Waals surface area (Å²) in [5.74, 6) is 0.145. The van der Waals surface area contributed by atoms with Gasteiger partial charge in [0.2, 0.25) is 0 Å². The Kier molecular flexibility index (Phi) is 3.75. The number of aromatic hydroxyl groups is 1. The molecule has 0 aliphatic carbocycles. The Labute approximate surface area is 89.7 Å². The molecule has 0 aliphatic rings. The van der Waals surface area contributed by atoms with E-state index < -0.39 is 0 Å². The Morgan fingerprint density at radius 1 is 1.46 bits per heavy atom. The van der Waals surface area contributed by atoms with Crippen molar-refractivity contribution >= 4 is 33.3 Å². The third-order valence-corrected chi connectivity index (χ3v) is 2.34. The highest BCUT2D eigenvalue weighted by atomic mass is 79.9. The van der Waals surface area contributed by atoms with Crippen molar-refractivity contribution in [3.05, 3.63) is 28.8 Å². The van der Waals surface area contributed by atoms with Gasteiger partial charge in [-0.1, -0.05) is 27.5 Å². The molecule has 0 aliphatic heterocycles. The molecule has 2 nitrogen and oxygen atoms in total. The molecule has 0 radical (unpaired) electrons. The van der Waals surface area contributed by atoms with Crippen LogP contribution < -0.4 is 0 Å². The number of hydrogen-bond acceptors (Lipinski definition) is 2. The van der Waals surface area contributed by atoms with Gasteiger partial charge in [0.1, 0.15) is 11.5 Å². The van der Waals surface area contributed by atoms with Gasteiger partial charge in [-0.15, -0.1) is 0 Å². The first kappa shape index (κ1) is 10.5. The Hall–Kier alpha value is -0.540. The van der Waals surface area contributed by atoms with Gasteiger partial charge in [-0.3, -0.25) is 4.79 Å². The highest BCUT2D eigenvalue weighted by Crippen LogP contribution is 2.20. The number of carbonyl (C=O) groups is 1. The van der Waals surface area contributed by atoms with Crippen molar-refractivity contribution in [2.24, 2.45) is 0 Å². The molecule has 0 unspecified atom stereocenters. The molecule has 0 fully saturated rings. The molecule has 0 saturated carbocycles. The molecule has 1 rings (SSSR count). The standard InChI is InChI=1S/C9H8BrClO2/c10-5-9(13)3-6-1-7(11)4-8(12)2-6/h1-2,4,12H,3,5H2. The van der Waals surface area contributed by atoms with Crippen molar-refractivity contribution in [2.45, 2.75) is 6.42 Å². The molecule has 0 amide bonds.